The van der Waals surface area contributed by atoms with Crippen LogP contribution < -0.4 is 0 Å². The van der Waals surface area contributed by atoms with Crippen molar-refractivity contribution in [2.24, 2.45) is 5.92 Å². The van der Waals surface area contributed by atoms with Gasteiger partial charge in [0.05, 0.1) is 0 Å². The summed E-state index contributed by atoms with van der Waals surface area (Å²) >= 11 is -4.89. The number of hydrogen-bond donors (Lipinski definition) is 0. The third kappa shape index (κ3) is 5.47. The molecule has 2 aliphatic rings. The van der Waals surface area contributed by atoms with Crippen molar-refractivity contribution < 1.29 is 15.6 Å². The molecule has 0 nitrogen and oxygen atoms in total. The first-order valence-electron chi connectivity index (χ1n) is 17.9. The van der Waals surface area contributed by atoms with Gasteiger partial charge in [0.25, 0.3) is 0 Å². The van der Waals surface area contributed by atoms with Crippen molar-refractivity contribution in [2.45, 2.75) is 74.2 Å². The molecule has 7 rings (SSSR count). The number of hydrogen-bond acceptors (Lipinski definition) is 0. The molecule has 2 unspecified atom stereocenters. The minimum absolute atomic E-state index is 0.0646. The molecule has 0 heterocycles. The quantitative estimate of drug-likeness (QED) is 0.151. The first-order valence-corrected chi connectivity index (χ1v) is 34.3. The zero-order valence-corrected chi connectivity index (χ0v) is 35.6. The van der Waals surface area contributed by atoms with Crippen LogP contribution in [0.4, 0.5) is 0 Å². The summed E-state index contributed by atoms with van der Waals surface area (Å²) in [5.41, 5.74) is 16.0. The molecule has 0 N–H and O–H groups in total. The van der Waals surface area contributed by atoms with Crippen molar-refractivity contribution >= 4 is 45.9 Å². The fraction of sp³-hybridized carbons (Fsp3) is 0.289. The molecule has 5 aromatic rings. The molecule has 0 radical (unpaired) electrons. The zero-order chi connectivity index (χ0) is 35.1. The number of halogens is 2. The van der Waals surface area contributed by atoms with Gasteiger partial charge in [-0.15, -0.1) is 0 Å². The van der Waals surface area contributed by atoms with Crippen LogP contribution in [0.15, 0.2) is 108 Å². The number of rotatable bonds is 6. The van der Waals surface area contributed by atoms with E-state index in [1.807, 2.05) is 0 Å². The number of allylic oxidation sites excluding steroid dienone is 2. The second-order valence-electron chi connectivity index (χ2n) is 16.4. The van der Waals surface area contributed by atoms with Gasteiger partial charge in [0.1, 0.15) is 0 Å². The van der Waals surface area contributed by atoms with Gasteiger partial charge in [-0.3, -0.25) is 0 Å². The molecule has 4 heteroatoms. The molecule has 5 aromatic carbocycles. The molecule has 0 saturated carbocycles. The number of fused-ring (bicyclic) bond motifs is 3. The van der Waals surface area contributed by atoms with E-state index < -0.39 is 21.5 Å². The van der Waals surface area contributed by atoms with Crippen molar-refractivity contribution in [3.05, 3.63) is 142 Å². The van der Waals surface area contributed by atoms with Crippen LogP contribution in [0, 0.1) is 12.8 Å². The molecule has 251 valence electrons. The Morgan fingerprint density at radius 1 is 0.673 bits per heavy atom. The van der Waals surface area contributed by atoms with Crippen LogP contribution in [-0.4, -0.2) is 5.92 Å². The van der Waals surface area contributed by atoms with Gasteiger partial charge in [-0.25, -0.2) is 0 Å². The van der Waals surface area contributed by atoms with E-state index in [0.29, 0.717) is 5.92 Å². The third-order valence-corrected chi connectivity index (χ3v) is 63.6. The van der Waals surface area contributed by atoms with Crippen LogP contribution in [0.3, 0.4) is 0 Å². The third-order valence-electron chi connectivity index (χ3n) is 11.7. The summed E-state index contributed by atoms with van der Waals surface area (Å²) in [6.45, 7) is 21.0. The molecule has 49 heavy (non-hydrogen) atoms. The Morgan fingerprint density at radius 2 is 1.33 bits per heavy atom. The monoisotopic (exact) mass is 777 g/mol. The molecular weight excluding hydrogens is 731 g/mol. The van der Waals surface area contributed by atoms with Crippen molar-refractivity contribution in [2.75, 3.05) is 0 Å². The molecule has 0 saturated heterocycles. The average Bonchev–Trinajstić information content (AvgIpc) is 3.65. The SMILES string of the molecule is CC1=Cc2c(-c3ccc(C(C)(C)C)cc3)ccc(C)c2[CH]1[Zr]([Cl])([Cl])([CH]1C(C(C)C)=Cc2c(-c3cccc4ccccc34)cccc21)[SiH](C)C. The summed E-state index contributed by atoms with van der Waals surface area (Å²) < 4.78 is 0.134. The van der Waals surface area contributed by atoms with Gasteiger partial charge in [0, 0.05) is 0 Å². The Hall–Kier alpha value is -2.48. The van der Waals surface area contributed by atoms with E-state index >= 15 is 0 Å². The van der Waals surface area contributed by atoms with Crippen molar-refractivity contribution in [1.82, 2.24) is 0 Å². The predicted octanol–water partition coefficient (Wildman–Crippen LogP) is 14.0. The Kier molecular flexibility index (Phi) is 8.80. The van der Waals surface area contributed by atoms with Gasteiger partial charge in [0.2, 0.25) is 0 Å². The molecule has 0 amide bonds. The maximum atomic E-state index is 8.72. The number of aryl methyl sites for hydroxylation is 1. The first-order chi connectivity index (χ1) is 23.1. The Morgan fingerprint density at radius 3 is 2.00 bits per heavy atom. The first kappa shape index (κ1) is 34.9. The summed E-state index contributed by atoms with van der Waals surface area (Å²) in [4.78, 5) is 0. The molecule has 0 aromatic heterocycles. The second kappa shape index (κ2) is 12.3. The summed E-state index contributed by atoms with van der Waals surface area (Å²) in [6, 6.07) is 36.1. The van der Waals surface area contributed by atoms with E-state index in [1.54, 1.807) is 0 Å². The van der Waals surface area contributed by atoms with E-state index in [1.165, 1.54) is 77.6 Å². The van der Waals surface area contributed by atoms with E-state index in [9.17, 15) is 0 Å². The molecule has 0 fully saturated rings. The van der Waals surface area contributed by atoms with Crippen LogP contribution in [-0.2, 0) is 21.0 Å². The van der Waals surface area contributed by atoms with Gasteiger partial charge < -0.3 is 0 Å². The molecule has 0 spiro atoms. The van der Waals surface area contributed by atoms with Gasteiger partial charge in [0.15, 0.2) is 0 Å². The number of benzene rings is 5. The van der Waals surface area contributed by atoms with E-state index in [2.05, 4.69) is 171 Å². The van der Waals surface area contributed by atoms with Gasteiger partial charge >= 0.3 is 305 Å². The molecule has 0 aliphatic heterocycles. The minimum atomic E-state index is -4.89. The summed E-state index contributed by atoms with van der Waals surface area (Å²) in [7, 11) is 17.4. The standard InChI is InChI=1S/C22H19.C21H23.C2H7Si.2ClH.Zr/c1-15(2)18-13-17-9-6-12-21(22(17)14-18)20-11-5-8-16-7-3-4-10-19(16)20;1-14-12-19-15(2)6-11-18(20(19)13-14)16-7-9-17(10-8-16)21(3,4)5;1-3-2;;;/h3-15H,1-2H3;6-13H,1-5H3;3H,1-2H3;2*1H;/q;;;;;+2/p-2. The normalized spacial score (nSPS) is 18.3. The average molecular weight is 780 g/mol. The van der Waals surface area contributed by atoms with Crippen LogP contribution in [0.2, 0.25) is 13.1 Å². The summed E-state index contributed by atoms with van der Waals surface area (Å²) in [5, 5.41) is 2.54. The fourth-order valence-corrected chi connectivity index (χ4v) is 41.3. The molecule has 0 bridgehead atoms. The van der Waals surface area contributed by atoms with E-state index in [4.69, 9.17) is 17.0 Å². The maximum absolute atomic E-state index is 8.72. The van der Waals surface area contributed by atoms with E-state index in [0.717, 1.165) is 0 Å². The predicted molar refractivity (Wildman–Crippen MR) is 217 cm³/mol. The molecular formula is C45H49Cl2SiZr. The second-order valence-corrected chi connectivity index (χ2v) is 58.9. The van der Waals surface area contributed by atoms with Crippen LogP contribution in [0.5, 0.6) is 0 Å². The molecule has 2 aliphatic carbocycles. The van der Waals surface area contributed by atoms with Crippen molar-refractivity contribution in [3.63, 3.8) is 0 Å². The fourth-order valence-electron chi connectivity index (χ4n) is 9.00. The van der Waals surface area contributed by atoms with E-state index in [-0.39, 0.29) is 12.7 Å². The van der Waals surface area contributed by atoms with Gasteiger partial charge in [-0.05, 0) is 0 Å². The Bertz CT molecular complexity index is 2170. The van der Waals surface area contributed by atoms with Crippen LogP contribution in [0.25, 0.3) is 45.2 Å². The Labute approximate surface area is 303 Å². The van der Waals surface area contributed by atoms with Crippen LogP contribution in [0.1, 0.15) is 82.2 Å². The van der Waals surface area contributed by atoms with Gasteiger partial charge in [-0.2, -0.15) is 0 Å². The summed E-state index contributed by atoms with van der Waals surface area (Å²) in [5.74, 6) is -1.34. The zero-order valence-electron chi connectivity index (χ0n) is 30.5. The summed E-state index contributed by atoms with van der Waals surface area (Å²) in [6.07, 6.45) is 4.93. The van der Waals surface area contributed by atoms with Crippen molar-refractivity contribution in [1.29, 1.82) is 0 Å². The topological polar surface area (TPSA) is 0 Å². The Balaban J connectivity index is 1.44. The van der Waals surface area contributed by atoms with Gasteiger partial charge in [-0.1, -0.05) is 0 Å². The van der Waals surface area contributed by atoms with Crippen molar-refractivity contribution in [3.8, 4) is 22.3 Å². The van der Waals surface area contributed by atoms with Crippen LogP contribution >= 0.6 is 17.0 Å². The molecule has 2 atom stereocenters.